The van der Waals surface area contributed by atoms with Crippen molar-refractivity contribution in [2.24, 2.45) is 0 Å². The number of carbonyl (C=O) groups excluding carboxylic acids is 1. The number of aliphatic carboxylic acids is 3. The fourth-order valence-electron chi connectivity index (χ4n) is 5.55. The van der Waals surface area contributed by atoms with Gasteiger partial charge in [-0.25, -0.2) is 9.59 Å². The Labute approximate surface area is 219 Å². The van der Waals surface area contributed by atoms with Gasteiger partial charge >= 0.3 is 11.9 Å². The molecule has 36 heavy (non-hydrogen) atoms. The predicted molar refractivity (Wildman–Crippen MR) is 142 cm³/mol. The number of quaternary nitrogens is 1. The molecule has 0 radical (unpaired) electrons. The maximum Gasteiger partial charge on any atom is 0.362 e. The molecule has 0 saturated carbocycles. The minimum Gasteiger partial charge on any atom is -0.544 e. The van der Waals surface area contributed by atoms with E-state index in [1.807, 2.05) is 20.8 Å². The van der Waals surface area contributed by atoms with Crippen molar-refractivity contribution >= 4 is 17.9 Å². The van der Waals surface area contributed by atoms with Crippen LogP contribution >= 0.6 is 0 Å². The van der Waals surface area contributed by atoms with Gasteiger partial charge in [0.2, 0.25) is 0 Å². The van der Waals surface area contributed by atoms with E-state index in [0.29, 0.717) is 25.7 Å². The second-order valence-electron chi connectivity index (χ2n) is 10.2. The number of rotatable bonds is 24. The second kappa shape index (κ2) is 20.2. The van der Waals surface area contributed by atoms with Crippen LogP contribution in [0.5, 0.6) is 0 Å². The molecule has 0 amide bonds. The number of nitrogens with zero attached hydrogens (tertiary/aromatic N) is 1. The average Bonchev–Trinajstić information content (AvgIpc) is 2.83. The average molecular weight is 512 g/mol. The molecule has 0 aliphatic carbocycles. The molecule has 0 aliphatic rings. The molecule has 3 atom stereocenters. The fraction of sp³-hybridized carbons (Fsp3) is 0.828. The van der Waals surface area contributed by atoms with Crippen LogP contribution in [0.15, 0.2) is 12.2 Å². The highest BCUT2D eigenvalue weighted by Gasteiger charge is 2.54. The number of unbranched alkanes of at least 4 members (excludes halogenated alkanes) is 8. The molecular weight excluding hydrogens is 458 g/mol. The number of hydrogen-bond donors (Lipinski definition) is 2. The van der Waals surface area contributed by atoms with Gasteiger partial charge in [0, 0.05) is 19.3 Å². The molecule has 0 rings (SSSR count). The van der Waals surface area contributed by atoms with Gasteiger partial charge in [0.1, 0.15) is 6.04 Å². The lowest BCUT2D eigenvalue weighted by Gasteiger charge is -2.52. The molecule has 0 fully saturated rings. The highest BCUT2D eigenvalue weighted by Crippen LogP contribution is 2.34. The number of allylic oxidation sites excluding steroid dienone is 2. The normalized spacial score (nSPS) is 15.9. The van der Waals surface area contributed by atoms with Crippen LogP contribution in [0.2, 0.25) is 0 Å². The lowest BCUT2D eigenvalue weighted by Crippen LogP contribution is -2.74. The van der Waals surface area contributed by atoms with Crippen LogP contribution in [0, 0.1) is 0 Å². The number of carboxylic acids is 3. The highest BCUT2D eigenvalue weighted by atomic mass is 16.4. The maximum atomic E-state index is 12.5. The third-order valence-corrected chi connectivity index (χ3v) is 7.33. The van der Waals surface area contributed by atoms with Gasteiger partial charge in [0.15, 0.2) is 12.1 Å². The van der Waals surface area contributed by atoms with Gasteiger partial charge in [-0.2, -0.15) is 0 Å². The molecule has 0 saturated heterocycles. The van der Waals surface area contributed by atoms with E-state index in [1.54, 1.807) is 0 Å². The van der Waals surface area contributed by atoms with Crippen molar-refractivity contribution in [2.75, 3.05) is 6.54 Å². The fourth-order valence-corrected chi connectivity index (χ4v) is 5.55. The molecule has 0 aliphatic heterocycles. The highest BCUT2D eigenvalue weighted by molar-refractivity contribution is 5.77. The monoisotopic (exact) mass is 511 g/mol. The Morgan fingerprint density at radius 1 is 0.639 bits per heavy atom. The zero-order valence-corrected chi connectivity index (χ0v) is 23.4. The molecule has 0 aromatic heterocycles. The van der Waals surface area contributed by atoms with E-state index in [4.69, 9.17) is 0 Å². The molecular formula is C29H53NO6. The Hall–Kier alpha value is -1.89. The standard InChI is InChI=1S/C29H53NO6/c1-5-9-10-11-12-13-14-15-16-17-18-19-23-30(24(20-6-2)27(31)32,25(21-7-3)28(33)34)26(22-8-4)29(35)36/h11-12,24-26H,5-10,13-23H2,1-4H3,(H2-,31,32,33,34,35,36)/b12-11+. The molecule has 0 spiro atoms. The van der Waals surface area contributed by atoms with Crippen molar-refractivity contribution in [3.8, 4) is 0 Å². The molecule has 210 valence electrons. The number of hydrogen-bond acceptors (Lipinski definition) is 4. The third-order valence-electron chi connectivity index (χ3n) is 7.33. The van der Waals surface area contributed by atoms with Gasteiger partial charge in [-0.15, -0.1) is 0 Å². The summed E-state index contributed by atoms with van der Waals surface area (Å²) in [4.78, 5) is 37.4. The van der Waals surface area contributed by atoms with Gasteiger partial charge in [0.05, 0.1) is 12.5 Å². The molecule has 7 nitrogen and oxygen atoms in total. The molecule has 7 heteroatoms. The van der Waals surface area contributed by atoms with Gasteiger partial charge < -0.3 is 20.1 Å². The van der Waals surface area contributed by atoms with Crippen LogP contribution in [-0.4, -0.2) is 57.3 Å². The van der Waals surface area contributed by atoms with Gasteiger partial charge in [-0.3, -0.25) is 4.48 Å². The Bertz CT molecular complexity index is 588. The van der Waals surface area contributed by atoms with E-state index in [9.17, 15) is 29.7 Å². The van der Waals surface area contributed by atoms with Crippen LogP contribution in [0.4, 0.5) is 0 Å². The van der Waals surface area contributed by atoms with Gasteiger partial charge in [-0.05, 0) is 44.9 Å². The first kappa shape index (κ1) is 34.1. The Balaban J connectivity index is 5.60. The Morgan fingerprint density at radius 2 is 1.06 bits per heavy atom. The van der Waals surface area contributed by atoms with E-state index in [0.717, 1.165) is 44.9 Å². The summed E-state index contributed by atoms with van der Waals surface area (Å²) in [5.74, 6) is -3.57. The third kappa shape index (κ3) is 11.4. The largest absolute Gasteiger partial charge is 0.544 e. The maximum absolute atomic E-state index is 12.5. The minimum absolute atomic E-state index is 0.203. The lowest BCUT2D eigenvalue weighted by molar-refractivity contribution is -0.975. The summed E-state index contributed by atoms with van der Waals surface area (Å²) < 4.78 is -0.439. The summed E-state index contributed by atoms with van der Waals surface area (Å²) >= 11 is 0. The first-order valence-electron chi connectivity index (χ1n) is 14.4. The van der Waals surface area contributed by atoms with Crippen molar-refractivity contribution < 1.29 is 34.2 Å². The van der Waals surface area contributed by atoms with Gasteiger partial charge in [-0.1, -0.05) is 78.4 Å². The summed E-state index contributed by atoms with van der Waals surface area (Å²) in [5.41, 5.74) is 0. The van der Waals surface area contributed by atoms with E-state index in [-0.39, 0.29) is 25.8 Å². The summed E-state index contributed by atoms with van der Waals surface area (Å²) in [6.45, 7) is 7.97. The Kier molecular flexibility index (Phi) is 19.1. The van der Waals surface area contributed by atoms with Crippen molar-refractivity contribution in [2.45, 2.75) is 149 Å². The van der Waals surface area contributed by atoms with Crippen molar-refractivity contribution in [1.29, 1.82) is 0 Å². The van der Waals surface area contributed by atoms with E-state index < -0.39 is 40.5 Å². The van der Waals surface area contributed by atoms with Gasteiger partial charge in [0.25, 0.3) is 0 Å². The molecule has 0 aromatic carbocycles. The van der Waals surface area contributed by atoms with E-state index in [1.165, 1.54) is 12.8 Å². The van der Waals surface area contributed by atoms with E-state index in [2.05, 4.69) is 19.1 Å². The SMILES string of the molecule is CCCC/C=C/CCCCCCCC[N+](C(CCC)C(=O)[O-])(C(CCC)C(=O)O)C(CCC)C(=O)O. The lowest BCUT2D eigenvalue weighted by atomic mass is 9.91. The first-order chi connectivity index (χ1) is 17.2. The molecule has 0 bridgehead atoms. The predicted octanol–water partition coefficient (Wildman–Crippen LogP) is 5.71. The quantitative estimate of drug-likeness (QED) is 0.0975. The van der Waals surface area contributed by atoms with Crippen LogP contribution in [0.25, 0.3) is 0 Å². The Morgan fingerprint density at radius 3 is 1.47 bits per heavy atom. The minimum atomic E-state index is -1.34. The van der Waals surface area contributed by atoms with Crippen LogP contribution in [-0.2, 0) is 14.4 Å². The van der Waals surface area contributed by atoms with Crippen molar-refractivity contribution in [1.82, 2.24) is 0 Å². The number of carboxylic acid groups (broad SMARTS) is 3. The van der Waals surface area contributed by atoms with Crippen molar-refractivity contribution in [3.05, 3.63) is 12.2 Å². The molecule has 0 heterocycles. The van der Waals surface area contributed by atoms with Crippen molar-refractivity contribution in [3.63, 3.8) is 0 Å². The second-order valence-corrected chi connectivity index (χ2v) is 10.2. The van der Waals surface area contributed by atoms with E-state index >= 15 is 0 Å². The topological polar surface area (TPSA) is 115 Å². The van der Waals surface area contributed by atoms with Crippen LogP contribution in [0.3, 0.4) is 0 Å². The zero-order chi connectivity index (χ0) is 27.4. The summed E-state index contributed by atoms with van der Waals surface area (Å²) in [6, 6.07) is -3.33. The number of carbonyl (C=O) groups is 3. The first-order valence-corrected chi connectivity index (χ1v) is 14.4. The van der Waals surface area contributed by atoms with Crippen LogP contribution in [0.1, 0.15) is 130 Å². The summed E-state index contributed by atoms with van der Waals surface area (Å²) in [5, 5.41) is 32.8. The zero-order valence-electron chi connectivity index (χ0n) is 23.4. The molecule has 2 N–H and O–H groups in total. The molecule has 3 unspecified atom stereocenters. The smallest absolute Gasteiger partial charge is 0.362 e. The van der Waals surface area contributed by atoms with Crippen LogP contribution < -0.4 is 5.11 Å². The molecule has 0 aromatic rings. The summed E-state index contributed by atoms with van der Waals surface area (Å²) in [6.07, 6.45) is 17.2. The summed E-state index contributed by atoms with van der Waals surface area (Å²) in [7, 11) is 0.